The van der Waals surface area contributed by atoms with Gasteiger partial charge in [0.25, 0.3) is 19.9 Å². The number of hydrogen-bond donors (Lipinski definition) is 1. The average molecular weight is 671 g/mol. The largest absolute Gasteiger partial charge is 0.540 e. The molecule has 1 atom stereocenters. The molecule has 0 spiro atoms. The van der Waals surface area contributed by atoms with Crippen molar-refractivity contribution in [3.8, 4) is 11.5 Å². The molecule has 0 aromatic heterocycles. The molecule has 0 unspecified atom stereocenters. The summed E-state index contributed by atoms with van der Waals surface area (Å²) in [5.41, 5.74) is 2.94. The van der Waals surface area contributed by atoms with Crippen LogP contribution in [0.25, 0.3) is 5.57 Å². The van der Waals surface area contributed by atoms with Crippen LogP contribution < -0.4 is 9.16 Å². The number of aliphatic hydroxyl groups is 1. The molecule has 1 amide bonds. The molecule has 3 rings (SSSR count). The summed E-state index contributed by atoms with van der Waals surface area (Å²) in [5.74, 6) is 0.0974. The van der Waals surface area contributed by atoms with Gasteiger partial charge in [-0.2, -0.15) is 0 Å². The first-order valence-electron chi connectivity index (χ1n) is 16.2. The first-order valence-corrected chi connectivity index (χ1v) is 21.3. The summed E-state index contributed by atoms with van der Waals surface area (Å²) in [4.78, 5) is 28.0. The third-order valence-electron chi connectivity index (χ3n) is 10.0. The number of ether oxygens (including phenoxy) is 1. The summed E-state index contributed by atoms with van der Waals surface area (Å²) in [7, 11) is -3.16. The summed E-state index contributed by atoms with van der Waals surface area (Å²) in [5, 5.41) is 22.0. The van der Waals surface area contributed by atoms with E-state index >= 15 is 0 Å². The number of aliphatic hydroxyl groups excluding tert-OH is 1. The molecule has 0 saturated heterocycles. The van der Waals surface area contributed by atoms with Crippen LogP contribution in [0.2, 0.25) is 34.8 Å². The van der Waals surface area contributed by atoms with E-state index in [1.165, 1.54) is 19.2 Å². The van der Waals surface area contributed by atoms with Crippen LogP contribution in [0.15, 0.2) is 42.6 Å². The third kappa shape index (κ3) is 7.59. The van der Waals surface area contributed by atoms with E-state index in [0.29, 0.717) is 24.5 Å². The van der Waals surface area contributed by atoms with Crippen LogP contribution in [-0.4, -0.2) is 57.2 Å². The molecule has 2 aromatic carbocycles. The number of methoxy groups -OCH3 is 1. The number of nitrogens with zero attached hydrogens (tertiary/aromatic N) is 2. The maximum atomic E-state index is 14.4. The highest BCUT2D eigenvalue weighted by molar-refractivity contribution is 6.78. The van der Waals surface area contributed by atoms with Crippen LogP contribution in [0.3, 0.4) is 0 Å². The smallest absolute Gasteiger partial charge is 0.286 e. The van der Waals surface area contributed by atoms with Crippen molar-refractivity contribution in [2.24, 2.45) is 0 Å². The molecule has 0 aliphatic carbocycles. The van der Waals surface area contributed by atoms with E-state index in [4.69, 9.17) is 13.6 Å². The lowest BCUT2D eigenvalue weighted by Crippen LogP contribution is -2.50. The molecule has 254 valence electrons. The first-order chi connectivity index (χ1) is 21.3. The summed E-state index contributed by atoms with van der Waals surface area (Å²) in [6.07, 6.45) is 2.31. The Balaban J connectivity index is 2.13. The van der Waals surface area contributed by atoms with Gasteiger partial charge in [0.05, 0.1) is 37.4 Å². The fourth-order valence-corrected chi connectivity index (χ4v) is 12.7. The van der Waals surface area contributed by atoms with Crippen molar-refractivity contribution in [1.82, 2.24) is 4.90 Å². The zero-order valence-corrected chi connectivity index (χ0v) is 31.8. The maximum absolute atomic E-state index is 14.4. The number of carbonyl (C=O) groups excluding carboxylic acids is 1. The van der Waals surface area contributed by atoms with Crippen LogP contribution >= 0.6 is 0 Å². The second-order valence-corrected chi connectivity index (χ2v) is 25.0. The molecule has 0 radical (unpaired) electrons. The van der Waals surface area contributed by atoms with Gasteiger partial charge in [0, 0.05) is 12.3 Å². The van der Waals surface area contributed by atoms with Gasteiger partial charge < -0.3 is 23.6 Å². The van der Waals surface area contributed by atoms with Gasteiger partial charge in [0.15, 0.2) is 19.8 Å². The van der Waals surface area contributed by atoms with Gasteiger partial charge in [-0.1, -0.05) is 86.6 Å². The van der Waals surface area contributed by atoms with Crippen LogP contribution in [0.5, 0.6) is 11.5 Å². The fraction of sp³-hybridized carbons (Fsp3) is 0.571. The number of carbonyl (C=O) groups is 1. The summed E-state index contributed by atoms with van der Waals surface area (Å²) < 4.78 is 19.1. The minimum absolute atomic E-state index is 0.0285. The monoisotopic (exact) mass is 670 g/mol. The SMILES string of the molecule is COc1cc(C(=O)N2C=C(c3ccc(CO)cc3)C[C@H]2CO[Si](C)(C)C(C)(C)C)c([N+](=O)[O-])cc1O[Si](C(C)C)(C(C)C)C(C)C. The highest BCUT2D eigenvalue weighted by Gasteiger charge is 2.48. The van der Waals surface area contributed by atoms with Crippen molar-refractivity contribution in [3.05, 3.63) is 69.4 Å². The van der Waals surface area contributed by atoms with Gasteiger partial charge >= 0.3 is 0 Å². The van der Waals surface area contributed by atoms with E-state index in [1.807, 2.05) is 24.3 Å². The van der Waals surface area contributed by atoms with Gasteiger partial charge in [-0.15, -0.1) is 0 Å². The number of hydrogen-bond acceptors (Lipinski definition) is 7. The molecule has 0 bridgehead atoms. The summed E-state index contributed by atoms with van der Waals surface area (Å²) in [6, 6.07) is 10.0. The lowest BCUT2D eigenvalue weighted by atomic mass is 10.0. The predicted molar refractivity (Wildman–Crippen MR) is 189 cm³/mol. The van der Waals surface area contributed by atoms with Gasteiger partial charge in [0.1, 0.15) is 5.56 Å². The van der Waals surface area contributed by atoms with Gasteiger partial charge in [-0.25, -0.2) is 0 Å². The van der Waals surface area contributed by atoms with Crippen molar-refractivity contribution in [2.75, 3.05) is 13.7 Å². The molecule has 2 aromatic rings. The molecule has 11 heteroatoms. The predicted octanol–water partition coefficient (Wildman–Crippen LogP) is 8.93. The third-order valence-corrected chi connectivity index (χ3v) is 20.5. The normalized spacial score (nSPS) is 16.0. The highest BCUT2D eigenvalue weighted by Crippen LogP contribution is 2.47. The van der Waals surface area contributed by atoms with Gasteiger partial charge in [-0.3, -0.25) is 14.9 Å². The first kappa shape index (κ1) is 37.5. The molecule has 1 N–H and O–H groups in total. The Morgan fingerprint density at radius 3 is 2.04 bits per heavy atom. The molecular formula is C35H54N2O7Si2. The van der Waals surface area contributed by atoms with Crippen molar-refractivity contribution in [3.63, 3.8) is 0 Å². The Hall–Kier alpha value is -3.00. The number of benzene rings is 2. The minimum Gasteiger partial charge on any atom is -0.540 e. The van der Waals surface area contributed by atoms with E-state index in [2.05, 4.69) is 75.4 Å². The average Bonchev–Trinajstić information content (AvgIpc) is 3.41. The van der Waals surface area contributed by atoms with Gasteiger partial charge in [-0.05, 0) is 57.9 Å². The number of amides is 1. The zero-order valence-electron chi connectivity index (χ0n) is 29.8. The van der Waals surface area contributed by atoms with Crippen molar-refractivity contribution in [1.29, 1.82) is 0 Å². The minimum atomic E-state index is -2.49. The number of nitro groups is 1. The fourth-order valence-electron chi connectivity index (χ4n) is 6.37. The van der Waals surface area contributed by atoms with Crippen molar-refractivity contribution >= 4 is 33.8 Å². The van der Waals surface area contributed by atoms with E-state index < -0.39 is 27.5 Å². The lowest BCUT2D eigenvalue weighted by Gasteiger charge is -2.42. The van der Waals surface area contributed by atoms with E-state index in [1.54, 1.807) is 11.1 Å². The van der Waals surface area contributed by atoms with E-state index in [-0.39, 0.29) is 45.6 Å². The quantitative estimate of drug-likeness (QED) is 0.129. The molecule has 0 saturated carbocycles. The molecule has 46 heavy (non-hydrogen) atoms. The molecule has 0 fully saturated rings. The second-order valence-electron chi connectivity index (χ2n) is 14.8. The van der Waals surface area contributed by atoms with Crippen LogP contribution in [-0.2, 0) is 11.0 Å². The molecule has 9 nitrogen and oxygen atoms in total. The van der Waals surface area contributed by atoms with Crippen molar-refractivity contribution in [2.45, 2.75) is 116 Å². The Kier molecular flexibility index (Phi) is 11.7. The van der Waals surface area contributed by atoms with Crippen molar-refractivity contribution < 1.29 is 28.4 Å². The molecule has 1 heterocycles. The Morgan fingerprint density at radius 2 is 1.59 bits per heavy atom. The standard InChI is InChI=1S/C35H54N2O7Si2/c1-23(2)46(24(3)4,25(5)6)44-33-19-31(37(40)41)30(18-32(33)42-10)34(39)36-20-28(27-15-13-26(21-38)14-16-27)17-29(36)22-43-45(11,12)35(7,8)9/h13-16,18-20,23-25,29,38H,17,21-22H2,1-12H3/t29-/m0/s1. The maximum Gasteiger partial charge on any atom is 0.286 e. The van der Waals surface area contributed by atoms with E-state index in [9.17, 15) is 20.0 Å². The zero-order chi connectivity index (χ0) is 34.8. The molecule has 1 aliphatic heterocycles. The Labute approximate surface area is 277 Å². The molecule has 1 aliphatic rings. The number of rotatable bonds is 13. The van der Waals surface area contributed by atoms with Crippen LogP contribution in [0, 0.1) is 10.1 Å². The molecular weight excluding hydrogens is 617 g/mol. The second kappa shape index (κ2) is 14.4. The summed E-state index contributed by atoms with van der Waals surface area (Å²) >= 11 is 0. The van der Waals surface area contributed by atoms with Gasteiger partial charge in [0.2, 0.25) is 0 Å². The Bertz CT molecular complexity index is 1410. The number of nitro benzene ring substituents is 1. The summed E-state index contributed by atoms with van der Waals surface area (Å²) in [6.45, 7) is 23.9. The lowest BCUT2D eigenvalue weighted by molar-refractivity contribution is -0.385. The van der Waals surface area contributed by atoms with E-state index in [0.717, 1.165) is 16.7 Å². The topological polar surface area (TPSA) is 111 Å². The Morgan fingerprint density at radius 1 is 1.02 bits per heavy atom. The highest BCUT2D eigenvalue weighted by atomic mass is 28.4. The van der Waals surface area contributed by atoms with Crippen LogP contribution in [0.4, 0.5) is 5.69 Å². The van der Waals surface area contributed by atoms with Crippen LogP contribution in [0.1, 0.15) is 90.2 Å².